The van der Waals surface area contributed by atoms with E-state index in [-0.39, 0.29) is 6.61 Å². The lowest BCUT2D eigenvalue weighted by Crippen LogP contribution is -3.14. The van der Waals surface area contributed by atoms with Crippen molar-refractivity contribution in [2.75, 3.05) is 25.4 Å². The van der Waals surface area contributed by atoms with Gasteiger partial charge >= 0.3 is 16.0 Å². The number of quaternary nitrogens is 1. The molecule has 1 aromatic heterocycles. The predicted molar refractivity (Wildman–Crippen MR) is 149 cm³/mol. The van der Waals surface area contributed by atoms with Gasteiger partial charge in [0.1, 0.15) is 12.3 Å². The number of fused-ring (bicyclic) bond motifs is 1. The Hall–Kier alpha value is -1.78. The first-order chi connectivity index (χ1) is 17.2. The number of carboxylic acids is 1. The smallest absolute Gasteiger partial charge is 0.341 e. The number of thioether (sulfide) groups is 1. The number of unbranched alkanes of at least 4 members (excludes halogenated alkanes) is 1. The van der Waals surface area contributed by atoms with Gasteiger partial charge < -0.3 is 9.84 Å². The average molecular weight is 571 g/mol. The van der Waals surface area contributed by atoms with Gasteiger partial charge in [0.2, 0.25) is 0 Å². The number of hydrogen-bond acceptors (Lipinski definition) is 6. The van der Waals surface area contributed by atoms with Crippen molar-refractivity contribution in [3.8, 4) is 5.75 Å². The van der Waals surface area contributed by atoms with Gasteiger partial charge in [-0.2, -0.15) is 8.42 Å². The molecule has 10 heteroatoms. The van der Waals surface area contributed by atoms with E-state index in [2.05, 4.69) is 13.8 Å². The Labute approximate surface area is 226 Å². The van der Waals surface area contributed by atoms with E-state index in [4.69, 9.17) is 21.4 Å². The number of nitrogens with one attached hydrogen (secondary N) is 1. The highest BCUT2D eigenvalue weighted by Gasteiger charge is 2.32. The fraction of sp³-hybridized carbons (Fsp3) is 0.423. The first kappa shape index (κ1) is 28.8. The fourth-order valence-electron chi connectivity index (χ4n) is 4.00. The second kappa shape index (κ2) is 13.1. The maximum absolute atomic E-state index is 13.7. The summed E-state index contributed by atoms with van der Waals surface area (Å²) in [5.41, 5.74) is 1.73. The summed E-state index contributed by atoms with van der Waals surface area (Å²) in [5.74, 6) is 0.209. The minimum absolute atomic E-state index is 0.375. The molecule has 36 heavy (non-hydrogen) atoms. The van der Waals surface area contributed by atoms with Crippen molar-refractivity contribution < 1.29 is 27.4 Å². The lowest BCUT2D eigenvalue weighted by atomic mass is 10.1. The van der Waals surface area contributed by atoms with Gasteiger partial charge in [-0.3, -0.25) is 0 Å². The van der Waals surface area contributed by atoms with E-state index >= 15 is 0 Å². The number of sulfonamides is 1. The molecule has 0 bridgehead atoms. The molecule has 0 radical (unpaired) electrons. The first-order valence-corrected chi connectivity index (χ1v) is 15.7. The minimum atomic E-state index is -3.57. The molecule has 0 fully saturated rings. The molecule has 0 amide bonds. The highest BCUT2D eigenvalue weighted by atomic mass is 35.5. The van der Waals surface area contributed by atoms with Crippen LogP contribution in [0.3, 0.4) is 0 Å². The Balaban J connectivity index is 1.77. The maximum Gasteiger partial charge on any atom is 0.341 e. The molecule has 1 heterocycles. The lowest BCUT2D eigenvalue weighted by Gasteiger charge is -2.19. The maximum atomic E-state index is 13.7. The fourth-order valence-corrected chi connectivity index (χ4v) is 8.82. The van der Waals surface area contributed by atoms with Gasteiger partial charge in [0.05, 0.1) is 6.54 Å². The molecule has 3 aromatic rings. The van der Waals surface area contributed by atoms with Crippen LogP contribution in [-0.2, 0) is 21.2 Å². The minimum Gasteiger partial charge on any atom is -0.482 e. The largest absolute Gasteiger partial charge is 0.482 e. The number of carboxylic acid groups (broad SMARTS) is 1. The molecular weight excluding hydrogens is 538 g/mol. The van der Waals surface area contributed by atoms with Crippen molar-refractivity contribution >= 4 is 60.8 Å². The van der Waals surface area contributed by atoms with Crippen LogP contribution in [0.2, 0.25) is 5.02 Å². The van der Waals surface area contributed by atoms with E-state index in [9.17, 15) is 13.2 Å². The standard InChI is InChI=1S/C26H32ClNO5S3/c1-4-6-12-28(36(31,32)26-18(3)22-16-20(27)8-11-24(22)35-26)13-14-34-21-9-10-23(33-17-25(29)30)19(15-21)7-5-2/h8-11,15-16H,4-7,12-14,17H2,1-3H3,(H,29,30)/p+1. The molecule has 196 valence electrons. The van der Waals surface area contributed by atoms with Crippen LogP contribution < -0.4 is 9.04 Å². The number of benzene rings is 2. The van der Waals surface area contributed by atoms with E-state index in [1.54, 1.807) is 23.9 Å². The predicted octanol–water partition coefficient (Wildman–Crippen LogP) is 5.45. The molecule has 2 N–H and O–H groups in total. The normalized spacial score (nSPS) is 12.7. The highest BCUT2D eigenvalue weighted by Crippen LogP contribution is 2.35. The van der Waals surface area contributed by atoms with Gasteiger partial charge in [-0.15, -0.1) is 23.1 Å². The second-order valence-corrected chi connectivity index (χ2v) is 13.5. The second-order valence-electron chi connectivity index (χ2n) is 8.60. The number of halogens is 1. The third kappa shape index (κ3) is 7.16. The van der Waals surface area contributed by atoms with Crippen LogP contribution >= 0.6 is 34.7 Å². The summed E-state index contributed by atoms with van der Waals surface area (Å²) in [7, 11) is -3.57. The summed E-state index contributed by atoms with van der Waals surface area (Å²) >= 11 is 9.08. The number of aliphatic carboxylic acids is 1. The molecule has 2 aromatic carbocycles. The average Bonchev–Trinajstić information content (AvgIpc) is 3.17. The van der Waals surface area contributed by atoms with Crippen molar-refractivity contribution in [2.24, 2.45) is 0 Å². The molecule has 0 aliphatic heterocycles. The molecule has 3 rings (SSSR count). The van der Waals surface area contributed by atoms with Gasteiger partial charge in [0.15, 0.2) is 10.8 Å². The molecule has 0 aliphatic carbocycles. The molecule has 0 saturated heterocycles. The summed E-state index contributed by atoms with van der Waals surface area (Å²) in [5, 5.41) is 10.4. The SMILES string of the molecule is CCCC[NH+](CCSc1ccc(OCC(=O)O)c(CCC)c1)S(=O)(=O)c1sc2ccc(Cl)cc2c1C. The van der Waals surface area contributed by atoms with Gasteiger partial charge in [-0.1, -0.05) is 38.3 Å². The lowest BCUT2D eigenvalue weighted by molar-refractivity contribution is -0.764. The van der Waals surface area contributed by atoms with Gasteiger partial charge in [0, 0.05) is 20.4 Å². The summed E-state index contributed by atoms with van der Waals surface area (Å²) in [6.07, 6.45) is 3.43. The van der Waals surface area contributed by atoms with Crippen molar-refractivity contribution in [1.29, 1.82) is 0 Å². The zero-order valence-electron chi connectivity index (χ0n) is 20.8. The van der Waals surface area contributed by atoms with E-state index < -0.39 is 16.0 Å². The highest BCUT2D eigenvalue weighted by molar-refractivity contribution is 7.99. The summed E-state index contributed by atoms with van der Waals surface area (Å²) in [6.45, 7) is 6.63. The Bertz CT molecular complexity index is 1310. The van der Waals surface area contributed by atoms with Crippen LogP contribution in [0, 0.1) is 6.92 Å². The van der Waals surface area contributed by atoms with Crippen molar-refractivity contribution in [3.05, 3.63) is 52.5 Å². The number of ether oxygens (including phenoxy) is 1. The summed E-state index contributed by atoms with van der Waals surface area (Å²) < 4.78 is 34.8. The van der Waals surface area contributed by atoms with Crippen LogP contribution in [0.4, 0.5) is 0 Å². The molecular formula is C26H33ClNO5S3+. The van der Waals surface area contributed by atoms with Crippen LogP contribution in [0.1, 0.15) is 44.2 Å². The van der Waals surface area contributed by atoms with E-state index in [0.717, 1.165) is 51.8 Å². The van der Waals surface area contributed by atoms with Crippen LogP contribution in [0.25, 0.3) is 10.1 Å². The Morgan fingerprint density at radius 1 is 1.14 bits per heavy atom. The summed E-state index contributed by atoms with van der Waals surface area (Å²) in [4.78, 5) is 11.9. The molecule has 0 aliphatic rings. The number of thiophene rings is 1. The molecule has 6 nitrogen and oxygen atoms in total. The van der Waals surface area contributed by atoms with Gasteiger partial charge in [-0.05, 0) is 72.7 Å². The van der Waals surface area contributed by atoms with Crippen LogP contribution in [0.15, 0.2) is 45.5 Å². The van der Waals surface area contributed by atoms with Gasteiger partial charge in [-0.25, -0.2) is 9.10 Å². The first-order valence-electron chi connectivity index (χ1n) is 12.1. The van der Waals surface area contributed by atoms with Crippen LogP contribution in [-0.4, -0.2) is 44.9 Å². The number of aryl methyl sites for hydroxylation is 2. The Kier molecular flexibility index (Phi) is 10.5. The number of carbonyl (C=O) groups is 1. The number of hydrogen-bond donors (Lipinski definition) is 2. The van der Waals surface area contributed by atoms with Crippen molar-refractivity contribution in [2.45, 2.75) is 55.6 Å². The van der Waals surface area contributed by atoms with Gasteiger partial charge in [0.25, 0.3) is 0 Å². The molecule has 1 unspecified atom stereocenters. The zero-order valence-corrected chi connectivity index (χ0v) is 24.0. The monoisotopic (exact) mass is 570 g/mol. The van der Waals surface area contributed by atoms with Crippen LogP contribution in [0.5, 0.6) is 5.75 Å². The topological polar surface area (TPSA) is 85.1 Å². The Morgan fingerprint density at radius 2 is 1.92 bits per heavy atom. The zero-order chi connectivity index (χ0) is 26.3. The number of rotatable bonds is 14. The van der Waals surface area contributed by atoms with E-state index in [1.807, 2.05) is 31.2 Å². The third-order valence-electron chi connectivity index (χ3n) is 5.84. The molecule has 0 saturated carbocycles. The van der Waals surface area contributed by atoms with E-state index in [1.165, 1.54) is 11.3 Å². The Morgan fingerprint density at radius 3 is 2.61 bits per heavy atom. The molecule has 1 atom stereocenters. The quantitative estimate of drug-likeness (QED) is 0.251. The third-order valence-corrected chi connectivity index (χ3v) is 11.0. The van der Waals surface area contributed by atoms with E-state index in [0.29, 0.717) is 38.1 Å². The van der Waals surface area contributed by atoms with Crippen molar-refractivity contribution in [3.63, 3.8) is 0 Å². The summed E-state index contributed by atoms with van der Waals surface area (Å²) in [6, 6.07) is 11.2. The van der Waals surface area contributed by atoms with Crippen molar-refractivity contribution in [1.82, 2.24) is 0 Å². The molecule has 0 spiro atoms.